The number of rotatable bonds is 6. The normalized spacial score (nSPS) is 15.7. The van der Waals surface area contributed by atoms with Crippen molar-refractivity contribution < 1.29 is 17.6 Å². The van der Waals surface area contributed by atoms with E-state index in [0.717, 1.165) is 12.1 Å². The first kappa shape index (κ1) is 20.0. The van der Waals surface area contributed by atoms with Crippen LogP contribution in [-0.2, 0) is 14.8 Å². The Morgan fingerprint density at radius 2 is 1.89 bits per heavy atom. The summed E-state index contributed by atoms with van der Waals surface area (Å²) in [6.07, 6.45) is 0. The van der Waals surface area contributed by atoms with E-state index in [-0.39, 0.29) is 29.6 Å². The van der Waals surface area contributed by atoms with Crippen molar-refractivity contribution in [1.82, 2.24) is 19.4 Å². The number of amides is 1. The van der Waals surface area contributed by atoms with E-state index in [9.17, 15) is 17.6 Å². The topological polar surface area (TPSA) is 95.5 Å². The maximum absolute atomic E-state index is 13.0. The van der Waals surface area contributed by atoms with Gasteiger partial charge in [0.2, 0.25) is 21.1 Å². The van der Waals surface area contributed by atoms with Gasteiger partial charge in [0.05, 0.1) is 10.6 Å². The van der Waals surface area contributed by atoms with Gasteiger partial charge in [-0.25, -0.2) is 12.8 Å². The van der Waals surface area contributed by atoms with E-state index in [2.05, 4.69) is 15.5 Å². The van der Waals surface area contributed by atoms with Crippen molar-refractivity contribution in [3.63, 3.8) is 0 Å². The summed E-state index contributed by atoms with van der Waals surface area (Å²) in [5.41, 5.74) is 0. The van der Waals surface area contributed by atoms with Crippen LogP contribution >= 0.6 is 23.1 Å². The van der Waals surface area contributed by atoms with E-state index in [1.807, 2.05) is 0 Å². The molecule has 2 aromatic rings. The highest BCUT2D eigenvalue weighted by molar-refractivity contribution is 8.01. The van der Waals surface area contributed by atoms with Crippen molar-refractivity contribution in [3.05, 3.63) is 30.1 Å². The largest absolute Gasteiger partial charge is 0.363 e. The third-order valence-corrected chi connectivity index (χ3v) is 7.95. The van der Waals surface area contributed by atoms with Crippen LogP contribution in [-0.4, -0.2) is 72.7 Å². The minimum absolute atomic E-state index is 0.0517. The van der Waals surface area contributed by atoms with Crippen molar-refractivity contribution in [2.75, 3.05) is 44.3 Å². The lowest BCUT2D eigenvalue weighted by Crippen LogP contribution is -2.50. The standard InChI is InChI=1S/C15H18FN5O3S3/c1-17-14-18-19-15(26-14)25-10-13(22)20-6-8-21(9-7-20)27(23,24)12-4-2-11(16)3-5-12/h2-5H,6-10H2,1H3,(H,17,18). The zero-order chi connectivity index (χ0) is 19.4. The molecule has 0 saturated carbocycles. The molecule has 0 bridgehead atoms. The first-order valence-electron chi connectivity index (χ1n) is 8.07. The average molecular weight is 432 g/mol. The minimum Gasteiger partial charge on any atom is -0.363 e. The van der Waals surface area contributed by atoms with Gasteiger partial charge in [-0.1, -0.05) is 23.1 Å². The summed E-state index contributed by atoms with van der Waals surface area (Å²) in [7, 11) is -1.93. The maximum Gasteiger partial charge on any atom is 0.243 e. The highest BCUT2D eigenvalue weighted by Crippen LogP contribution is 2.25. The third-order valence-electron chi connectivity index (χ3n) is 3.98. The van der Waals surface area contributed by atoms with Gasteiger partial charge in [-0.05, 0) is 24.3 Å². The Kier molecular flexibility index (Phi) is 6.29. The number of nitrogens with one attached hydrogen (secondary N) is 1. The fraction of sp³-hybridized carbons (Fsp3) is 0.400. The van der Waals surface area contributed by atoms with Crippen LogP contribution in [0.2, 0.25) is 0 Å². The van der Waals surface area contributed by atoms with Crippen molar-refractivity contribution in [1.29, 1.82) is 0 Å². The van der Waals surface area contributed by atoms with Gasteiger partial charge >= 0.3 is 0 Å². The van der Waals surface area contributed by atoms with Crippen LogP contribution in [0, 0.1) is 5.82 Å². The Morgan fingerprint density at radius 1 is 1.22 bits per heavy atom. The fourth-order valence-corrected chi connectivity index (χ4v) is 5.55. The molecule has 0 atom stereocenters. The van der Waals surface area contributed by atoms with Gasteiger partial charge < -0.3 is 10.2 Å². The monoisotopic (exact) mass is 431 g/mol. The van der Waals surface area contributed by atoms with Crippen LogP contribution in [0.15, 0.2) is 33.5 Å². The number of thioether (sulfide) groups is 1. The Labute approximate surface area is 164 Å². The van der Waals surface area contributed by atoms with Gasteiger partial charge in [-0.2, -0.15) is 4.31 Å². The first-order chi connectivity index (χ1) is 12.9. The van der Waals surface area contributed by atoms with Crippen LogP contribution in [0.1, 0.15) is 0 Å². The fourth-order valence-electron chi connectivity index (χ4n) is 2.52. The molecule has 27 heavy (non-hydrogen) atoms. The molecule has 2 heterocycles. The Bertz CT molecular complexity index is 896. The van der Waals surface area contributed by atoms with Crippen LogP contribution in [0.4, 0.5) is 9.52 Å². The van der Waals surface area contributed by atoms with E-state index < -0.39 is 15.8 Å². The minimum atomic E-state index is -3.68. The number of aromatic nitrogens is 2. The van der Waals surface area contributed by atoms with Gasteiger partial charge in [0, 0.05) is 33.2 Å². The third kappa shape index (κ3) is 4.75. The number of benzene rings is 1. The smallest absolute Gasteiger partial charge is 0.243 e. The highest BCUT2D eigenvalue weighted by atomic mass is 32.2. The van der Waals surface area contributed by atoms with E-state index in [1.165, 1.54) is 39.5 Å². The van der Waals surface area contributed by atoms with Crippen LogP contribution in [0.5, 0.6) is 0 Å². The molecule has 1 aromatic heterocycles. The molecule has 12 heteroatoms. The highest BCUT2D eigenvalue weighted by Gasteiger charge is 2.30. The van der Waals surface area contributed by atoms with E-state index in [4.69, 9.17) is 0 Å². The Balaban J connectivity index is 1.53. The van der Waals surface area contributed by atoms with Gasteiger partial charge in [0.15, 0.2) is 4.34 Å². The SMILES string of the molecule is CNc1nnc(SCC(=O)N2CCN(S(=O)(=O)c3ccc(F)cc3)CC2)s1. The van der Waals surface area contributed by atoms with Gasteiger partial charge in [0.25, 0.3) is 0 Å². The molecular formula is C15H18FN5O3S3. The van der Waals surface area contributed by atoms with E-state index >= 15 is 0 Å². The molecule has 1 aromatic carbocycles. The summed E-state index contributed by atoms with van der Waals surface area (Å²) >= 11 is 2.68. The second-order valence-corrected chi connectivity index (χ2v) is 9.79. The number of carbonyl (C=O) groups excluding carboxylic acids is 1. The summed E-state index contributed by atoms with van der Waals surface area (Å²) in [4.78, 5) is 14.0. The number of halogens is 1. The Morgan fingerprint density at radius 3 is 2.48 bits per heavy atom. The molecule has 1 aliphatic rings. The summed E-state index contributed by atoms with van der Waals surface area (Å²) in [6.45, 7) is 1.05. The molecule has 3 rings (SSSR count). The van der Waals surface area contributed by atoms with Crippen LogP contribution < -0.4 is 5.32 Å². The van der Waals surface area contributed by atoms with Crippen LogP contribution in [0.25, 0.3) is 0 Å². The second kappa shape index (κ2) is 8.50. The summed E-state index contributed by atoms with van der Waals surface area (Å²) < 4.78 is 40.2. The predicted octanol–water partition coefficient (Wildman–Crippen LogP) is 1.34. The van der Waals surface area contributed by atoms with Crippen molar-refractivity contribution >= 4 is 44.2 Å². The summed E-state index contributed by atoms with van der Waals surface area (Å²) in [6, 6.07) is 4.74. The zero-order valence-electron chi connectivity index (χ0n) is 14.5. The molecule has 0 unspecified atom stereocenters. The quantitative estimate of drug-likeness (QED) is 0.690. The van der Waals surface area contributed by atoms with Crippen molar-refractivity contribution in [2.24, 2.45) is 0 Å². The first-order valence-corrected chi connectivity index (χ1v) is 11.3. The zero-order valence-corrected chi connectivity index (χ0v) is 16.9. The molecule has 0 aliphatic carbocycles. The summed E-state index contributed by atoms with van der Waals surface area (Å²) in [5, 5.41) is 11.5. The van der Waals surface area contributed by atoms with Crippen molar-refractivity contribution in [3.8, 4) is 0 Å². The lowest BCUT2D eigenvalue weighted by Gasteiger charge is -2.34. The van der Waals surface area contributed by atoms with Gasteiger partial charge in [0.1, 0.15) is 5.82 Å². The molecule has 1 saturated heterocycles. The van der Waals surface area contributed by atoms with Gasteiger partial charge in [-0.3, -0.25) is 4.79 Å². The number of carbonyl (C=O) groups is 1. The number of sulfonamides is 1. The lowest BCUT2D eigenvalue weighted by molar-refractivity contribution is -0.129. The van der Waals surface area contributed by atoms with Crippen LogP contribution in [0.3, 0.4) is 0 Å². The lowest BCUT2D eigenvalue weighted by atomic mass is 10.3. The number of anilines is 1. The molecule has 1 aliphatic heterocycles. The molecular weight excluding hydrogens is 413 g/mol. The number of nitrogens with zero attached hydrogens (tertiary/aromatic N) is 4. The maximum atomic E-state index is 13.0. The van der Waals surface area contributed by atoms with E-state index in [0.29, 0.717) is 22.6 Å². The summed E-state index contributed by atoms with van der Waals surface area (Å²) in [5.74, 6) is -0.331. The molecule has 8 nitrogen and oxygen atoms in total. The van der Waals surface area contributed by atoms with Crippen molar-refractivity contribution in [2.45, 2.75) is 9.24 Å². The molecule has 1 fully saturated rings. The number of hydrogen-bond acceptors (Lipinski definition) is 8. The molecule has 1 N–H and O–H groups in total. The second-order valence-electron chi connectivity index (χ2n) is 5.65. The van der Waals surface area contributed by atoms with E-state index in [1.54, 1.807) is 11.9 Å². The molecule has 1 amide bonds. The molecule has 0 radical (unpaired) electrons. The Hall–Kier alpha value is -1.76. The predicted molar refractivity (Wildman–Crippen MR) is 102 cm³/mol. The number of hydrogen-bond donors (Lipinski definition) is 1. The van der Waals surface area contributed by atoms with Gasteiger partial charge in [-0.15, -0.1) is 10.2 Å². The average Bonchev–Trinajstić information content (AvgIpc) is 3.15. The number of piperazine rings is 1. The molecule has 146 valence electrons. The molecule has 0 spiro atoms.